The lowest BCUT2D eigenvalue weighted by Gasteiger charge is -2.59. The van der Waals surface area contributed by atoms with Crippen molar-refractivity contribution >= 4 is 116 Å². The fourth-order valence-electron chi connectivity index (χ4n) is 2.27. The first-order valence-corrected chi connectivity index (χ1v) is 9.45. The van der Waals surface area contributed by atoms with E-state index in [2.05, 4.69) is 0 Å². The largest absolute Gasteiger partial charge is 0.189 e. The van der Waals surface area contributed by atoms with Crippen molar-refractivity contribution in [1.82, 2.24) is 0 Å². The van der Waals surface area contributed by atoms with Gasteiger partial charge in [-0.25, -0.2) is 0 Å². The molecule has 0 radical (unpaired) electrons. The Morgan fingerprint density at radius 1 is 0.545 bits per heavy atom. The number of halogens is 10. The number of rotatable bonds is 1. The van der Waals surface area contributed by atoms with Gasteiger partial charge in [-0.05, 0) is 5.56 Å². The first-order valence-electron chi connectivity index (χ1n) is 5.67. The highest BCUT2D eigenvalue weighted by Gasteiger charge is 2.82. The van der Waals surface area contributed by atoms with Crippen LogP contribution in [0, 0.1) is 0 Å². The third-order valence-electron chi connectivity index (χ3n) is 3.48. The maximum atomic E-state index is 6.41. The van der Waals surface area contributed by atoms with E-state index in [4.69, 9.17) is 116 Å². The van der Waals surface area contributed by atoms with Crippen LogP contribution in [-0.2, 0) is 0 Å². The van der Waals surface area contributed by atoms with E-state index >= 15 is 0 Å². The normalized spacial score (nSPS) is 28.3. The van der Waals surface area contributed by atoms with Gasteiger partial charge in [0, 0.05) is 0 Å². The molecular formula is C12H6Cl10. The summed E-state index contributed by atoms with van der Waals surface area (Å²) in [6, 6.07) is 8.57. The molecule has 0 N–H and O–H groups in total. The fraction of sp³-hybridized carbons (Fsp3) is 0.500. The summed E-state index contributed by atoms with van der Waals surface area (Å²) in [7, 11) is 0. The van der Waals surface area contributed by atoms with Gasteiger partial charge in [-0.15, -0.1) is 0 Å². The summed E-state index contributed by atoms with van der Waals surface area (Å²) in [5, 5.41) is 0. The Bertz CT molecular complexity index is 533. The predicted molar refractivity (Wildman–Crippen MR) is 101 cm³/mol. The highest BCUT2D eigenvalue weighted by Crippen LogP contribution is 2.76. The summed E-state index contributed by atoms with van der Waals surface area (Å²) in [4.78, 5) is 0. The molecule has 1 aromatic rings. The molecule has 1 aliphatic rings. The molecule has 1 aliphatic carbocycles. The monoisotopic (exact) mass is 500 g/mol. The van der Waals surface area contributed by atoms with Gasteiger partial charge in [-0.3, -0.25) is 0 Å². The van der Waals surface area contributed by atoms with Crippen molar-refractivity contribution in [3.05, 3.63) is 35.9 Å². The summed E-state index contributed by atoms with van der Waals surface area (Å²) in [5.41, 5.74) is 0.512. The minimum absolute atomic E-state index is 0.512. The lowest BCUT2D eigenvalue weighted by molar-refractivity contribution is 0.341. The van der Waals surface area contributed by atoms with E-state index in [1.54, 1.807) is 30.3 Å². The molecule has 10 heteroatoms. The van der Waals surface area contributed by atoms with Crippen molar-refractivity contribution in [2.45, 2.75) is 27.6 Å². The number of hydrogen-bond donors (Lipinski definition) is 0. The lowest BCUT2D eigenvalue weighted by atomic mass is 9.80. The van der Waals surface area contributed by atoms with Gasteiger partial charge in [0.15, 0.2) is 21.7 Å². The zero-order valence-electron chi connectivity index (χ0n) is 10.2. The Labute approximate surface area is 178 Å². The molecule has 0 amide bonds. The molecule has 0 saturated heterocycles. The summed E-state index contributed by atoms with van der Waals surface area (Å²) in [6.45, 7) is 0. The standard InChI is InChI=1S/C12H6Cl10/c13-8(14)7(6-4-2-1-3-5-6)9(15,16)11(19,20)12(21,22)10(8,17)18/h1-5,7H. The molecule has 2 rings (SSSR count). The average Bonchev–Trinajstić information content (AvgIpc) is 2.37. The van der Waals surface area contributed by atoms with Crippen LogP contribution >= 0.6 is 116 Å². The highest BCUT2D eigenvalue weighted by molar-refractivity contribution is 6.78. The number of alkyl halides is 10. The first-order chi connectivity index (χ1) is 9.73. The van der Waals surface area contributed by atoms with Gasteiger partial charge in [0.05, 0.1) is 5.92 Å². The third-order valence-corrected chi connectivity index (χ3v) is 10.5. The van der Waals surface area contributed by atoms with E-state index < -0.39 is 27.6 Å². The molecule has 0 bridgehead atoms. The summed E-state index contributed by atoms with van der Waals surface area (Å²) in [6.07, 6.45) is 0. The predicted octanol–water partition coefficient (Wildman–Crippen LogP) is 7.65. The van der Waals surface area contributed by atoms with E-state index in [1.807, 2.05) is 0 Å². The van der Waals surface area contributed by atoms with Gasteiger partial charge in [0.1, 0.15) is 0 Å². The molecule has 0 unspecified atom stereocenters. The second-order valence-electron chi connectivity index (χ2n) is 4.81. The molecule has 1 aromatic carbocycles. The second kappa shape index (κ2) is 6.08. The molecule has 0 heterocycles. The summed E-state index contributed by atoms with van der Waals surface area (Å²) >= 11 is 63.0. The lowest BCUT2D eigenvalue weighted by Crippen LogP contribution is -2.72. The van der Waals surface area contributed by atoms with Crippen molar-refractivity contribution < 1.29 is 0 Å². The van der Waals surface area contributed by atoms with Crippen LogP contribution in [-0.4, -0.2) is 21.7 Å². The highest BCUT2D eigenvalue weighted by atomic mass is 35.6. The summed E-state index contributed by atoms with van der Waals surface area (Å²) < 4.78 is -10.7. The van der Waals surface area contributed by atoms with Gasteiger partial charge in [0.25, 0.3) is 0 Å². The first kappa shape index (κ1) is 20.4. The fourth-order valence-corrected chi connectivity index (χ4v) is 6.40. The Kier molecular flexibility index (Phi) is 5.65. The van der Waals surface area contributed by atoms with Gasteiger partial charge in [-0.1, -0.05) is 146 Å². The maximum Gasteiger partial charge on any atom is 0.189 e. The average molecular weight is 505 g/mol. The number of hydrogen-bond acceptors (Lipinski definition) is 0. The van der Waals surface area contributed by atoms with Crippen LogP contribution in [0.15, 0.2) is 30.3 Å². The molecule has 0 nitrogen and oxygen atoms in total. The smallest absolute Gasteiger partial charge is 0.0974 e. The van der Waals surface area contributed by atoms with Crippen LogP contribution in [0.3, 0.4) is 0 Å². The molecule has 0 spiro atoms. The molecule has 1 saturated carbocycles. The van der Waals surface area contributed by atoms with Gasteiger partial charge < -0.3 is 0 Å². The van der Waals surface area contributed by atoms with Crippen LogP contribution in [0.1, 0.15) is 11.5 Å². The molecule has 124 valence electrons. The van der Waals surface area contributed by atoms with Gasteiger partial charge in [-0.2, -0.15) is 0 Å². The van der Waals surface area contributed by atoms with Crippen LogP contribution in [0.5, 0.6) is 0 Å². The second-order valence-corrected chi connectivity index (χ2v) is 11.6. The Morgan fingerprint density at radius 3 is 1.27 bits per heavy atom. The van der Waals surface area contributed by atoms with E-state index in [-0.39, 0.29) is 0 Å². The van der Waals surface area contributed by atoms with Crippen LogP contribution < -0.4 is 0 Å². The zero-order valence-corrected chi connectivity index (χ0v) is 17.8. The Hall–Kier alpha value is 2.12. The third kappa shape index (κ3) is 2.56. The minimum Gasteiger partial charge on any atom is -0.0974 e. The number of benzene rings is 1. The van der Waals surface area contributed by atoms with Gasteiger partial charge in [0.2, 0.25) is 0 Å². The van der Waals surface area contributed by atoms with E-state index in [1.165, 1.54) is 0 Å². The van der Waals surface area contributed by atoms with Crippen molar-refractivity contribution in [3.63, 3.8) is 0 Å². The van der Waals surface area contributed by atoms with Crippen LogP contribution in [0.25, 0.3) is 0 Å². The molecule has 0 aromatic heterocycles. The van der Waals surface area contributed by atoms with Gasteiger partial charge >= 0.3 is 0 Å². The molecule has 22 heavy (non-hydrogen) atoms. The molecule has 1 fully saturated rings. The SMILES string of the molecule is ClC1(Cl)C(c2ccccc2)C(Cl)(Cl)C(Cl)(Cl)C(Cl)(Cl)C1(Cl)Cl. The Balaban J connectivity index is 2.78. The minimum atomic E-state index is -2.27. The van der Waals surface area contributed by atoms with Crippen molar-refractivity contribution in [2.75, 3.05) is 0 Å². The van der Waals surface area contributed by atoms with Crippen LogP contribution in [0.2, 0.25) is 0 Å². The van der Waals surface area contributed by atoms with Crippen molar-refractivity contribution in [3.8, 4) is 0 Å². The van der Waals surface area contributed by atoms with E-state index in [0.29, 0.717) is 5.56 Å². The maximum absolute atomic E-state index is 6.41. The topological polar surface area (TPSA) is 0 Å². The van der Waals surface area contributed by atoms with E-state index in [0.717, 1.165) is 0 Å². The van der Waals surface area contributed by atoms with Crippen LogP contribution in [0.4, 0.5) is 0 Å². The Morgan fingerprint density at radius 2 is 0.909 bits per heavy atom. The van der Waals surface area contributed by atoms with Crippen molar-refractivity contribution in [1.29, 1.82) is 0 Å². The summed E-state index contributed by atoms with van der Waals surface area (Å²) in [5.74, 6) is -1.09. The molecule has 0 atom stereocenters. The molecular weight excluding hydrogens is 499 g/mol. The molecule has 0 aliphatic heterocycles. The quantitative estimate of drug-likeness (QED) is 0.345. The zero-order chi connectivity index (χ0) is 17.2. The van der Waals surface area contributed by atoms with E-state index in [9.17, 15) is 0 Å². The van der Waals surface area contributed by atoms with Crippen molar-refractivity contribution in [2.24, 2.45) is 0 Å².